The van der Waals surface area contributed by atoms with Crippen molar-refractivity contribution in [3.05, 3.63) is 82.9 Å². The van der Waals surface area contributed by atoms with Crippen molar-refractivity contribution in [2.75, 3.05) is 17.1 Å². The highest BCUT2D eigenvalue weighted by molar-refractivity contribution is 7.92. The Morgan fingerprint density at radius 3 is 2.48 bits per heavy atom. The fourth-order valence-electron chi connectivity index (χ4n) is 2.94. The number of esters is 1. The number of carbonyl (C=O) groups is 2. The fourth-order valence-corrected chi connectivity index (χ4v) is 5.02. The molecule has 1 aromatic heterocycles. The molecule has 2 N–H and O–H groups in total. The van der Waals surface area contributed by atoms with Gasteiger partial charge in [0, 0.05) is 16.3 Å². The normalized spacial score (nSPS) is 11.2. The van der Waals surface area contributed by atoms with Gasteiger partial charge in [0.2, 0.25) is 0 Å². The van der Waals surface area contributed by atoms with Crippen molar-refractivity contribution in [2.45, 2.75) is 4.90 Å². The second-order valence-electron chi connectivity index (χ2n) is 6.79. The lowest BCUT2D eigenvalue weighted by molar-refractivity contribution is 0.0600. The lowest BCUT2D eigenvalue weighted by Gasteiger charge is -2.09. The molecule has 0 fully saturated rings. The number of benzene rings is 3. The first-order chi connectivity index (χ1) is 15.7. The maximum absolute atomic E-state index is 12.7. The highest BCUT2D eigenvalue weighted by Gasteiger charge is 2.16. The number of nitrogens with zero attached hydrogens (tertiary/aromatic N) is 1. The maximum atomic E-state index is 12.7. The zero-order chi connectivity index (χ0) is 23.6. The number of carbonyl (C=O) groups excluding carboxylic acids is 2. The number of anilines is 2. The van der Waals surface area contributed by atoms with Crippen molar-refractivity contribution in [1.82, 2.24) is 4.98 Å². The fraction of sp³-hybridized carbons (Fsp3) is 0.0455. The first-order valence-corrected chi connectivity index (χ1v) is 12.1. The minimum absolute atomic E-state index is 0.0440. The average molecular weight is 502 g/mol. The van der Waals surface area contributed by atoms with Crippen LogP contribution in [0.2, 0.25) is 5.02 Å². The summed E-state index contributed by atoms with van der Waals surface area (Å²) >= 11 is 7.02. The van der Waals surface area contributed by atoms with Crippen LogP contribution in [0, 0.1) is 0 Å². The molecule has 168 valence electrons. The largest absolute Gasteiger partial charge is 0.465 e. The molecule has 0 spiro atoms. The number of hydrogen-bond donors (Lipinski definition) is 2. The third kappa shape index (κ3) is 5.14. The SMILES string of the molecule is COC(=O)c1ccc2nc(NC(=O)c3cccc(NS(=O)(=O)c4ccc(Cl)cc4)c3)sc2c1. The summed E-state index contributed by atoms with van der Waals surface area (Å²) in [6.07, 6.45) is 0. The molecule has 0 bridgehead atoms. The molecule has 4 aromatic rings. The zero-order valence-electron chi connectivity index (χ0n) is 17.0. The molecule has 0 aliphatic carbocycles. The van der Waals surface area contributed by atoms with Gasteiger partial charge in [-0.05, 0) is 60.7 Å². The van der Waals surface area contributed by atoms with Gasteiger partial charge >= 0.3 is 5.97 Å². The van der Waals surface area contributed by atoms with Gasteiger partial charge in [0.15, 0.2) is 5.13 Å². The van der Waals surface area contributed by atoms with E-state index in [9.17, 15) is 18.0 Å². The Labute approximate surface area is 198 Å². The monoisotopic (exact) mass is 501 g/mol. The molecule has 0 saturated carbocycles. The molecule has 0 aliphatic heterocycles. The van der Waals surface area contributed by atoms with Gasteiger partial charge in [-0.15, -0.1) is 0 Å². The Morgan fingerprint density at radius 1 is 1.00 bits per heavy atom. The van der Waals surface area contributed by atoms with Gasteiger partial charge in [-0.1, -0.05) is 29.0 Å². The standard InChI is InChI=1S/C22H16ClN3O5S2/c1-31-21(28)14-5-10-18-19(12-14)32-22(24-18)25-20(27)13-3-2-4-16(11-13)26-33(29,30)17-8-6-15(23)7-9-17/h2-12,26H,1H3,(H,24,25,27). The molecule has 0 radical (unpaired) electrons. The minimum atomic E-state index is -3.85. The van der Waals surface area contributed by atoms with Crippen LogP contribution in [0.3, 0.4) is 0 Å². The molecule has 0 saturated heterocycles. The van der Waals surface area contributed by atoms with E-state index in [0.29, 0.717) is 25.9 Å². The van der Waals surface area contributed by atoms with Crippen molar-refractivity contribution >= 4 is 65.9 Å². The predicted molar refractivity (Wildman–Crippen MR) is 128 cm³/mol. The van der Waals surface area contributed by atoms with Crippen LogP contribution < -0.4 is 10.0 Å². The molecule has 1 amide bonds. The average Bonchev–Trinajstić information content (AvgIpc) is 3.20. The van der Waals surface area contributed by atoms with Gasteiger partial charge in [0.05, 0.1) is 27.8 Å². The van der Waals surface area contributed by atoms with Gasteiger partial charge in [-0.25, -0.2) is 18.2 Å². The van der Waals surface area contributed by atoms with Crippen LogP contribution in [0.1, 0.15) is 20.7 Å². The summed E-state index contributed by atoms with van der Waals surface area (Å²) in [5.74, 6) is -0.927. The molecule has 0 atom stereocenters. The number of hydrogen-bond acceptors (Lipinski definition) is 7. The maximum Gasteiger partial charge on any atom is 0.337 e. The number of thiazole rings is 1. The van der Waals surface area contributed by atoms with E-state index in [2.05, 4.69) is 15.0 Å². The first kappa shape index (κ1) is 22.7. The van der Waals surface area contributed by atoms with E-state index >= 15 is 0 Å². The Hall–Kier alpha value is -3.47. The molecule has 1 heterocycles. The van der Waals surface area contributed by atoms with Gasteiger partial charge in [-0.3, -0.25) is 14.8 Å². The summed E-state index contributed by atoms with van der Waals surface area (Å²) < 4.78 is 33.0. The molecule has 11 heteroatoms. The highest BCUT2D eigenvalue weighted by Crippen LogP contribution is 2.28. The molecule has 3 aromatic carbocycles. The van der Waals surface area contributed by atoms with Gasteiger partial charge in [0.1, 0.15) is 0 Å². The molecule has 33 heavy (non-hydrogen) atoms. The van der Waals surface area contributed by atoms with Gasteiger partial charge < -0.3 is 4.74 Å². The van der Waals surface area contributed by atoms with Crippen molar-refractivity contribution in [2.24, 2.45) is 0 Å². The second kappa shape index (κ2) is 9.18. The quantitative estimate of drug-likeness (QED) is 0.367. The number of amides is 1. The van der Waals surface area contributed by atoms with E-state index < -0.39 is 21.9 Å². The van der Waals surface area contributed by atoms with Crippen LogP contribution in [-0.2, 0) is 14.8 Å². The summed E-state index contributed by atoms with van der Waals surface area (Å²) in [5, 5.41) is 3.46. The lowest BCUT2D eigenvalue weighted by atomic mass is 10.2. The summed E-state index contributed by atoms with van der Waals surface area (Å²) in [7, 11) is -2.55. The van der Waals surface area contributed by atoms with Crippen molar-refractivity contribution in [3.8, 4) is 0 Å². The number of fused-ring (bicyclic) bond motifs is 1. The number of halogens is 1. The molecular formula is C22H16ClN3O5S2. The molecular weight excluding hydrogens is 486 g/mol. The summed E-state index contributed by atoms with van der Waals surface area (Å²) in [6, 6.07) is 16.7. The van der Waals surface area contributed by atoms with Crippen LogP contribution in [-0.4, -0.2) is 32.4 Å². The van der Waals surface area contributed by atoms with Gasteiger partial charge in [0.25, 0.3) is 15.9 Å². The Kier molecular flexibility index (Phi) is 6.32. The van der Waals surface area contributed by atoms with E-state index in [0.717, 1.165) is 0 Å². The van der Waals surface area contributed by atoms with Crippen LogP contribution >= 0.6 is 22.9 Å². The van der Waals surface area contributed by atoms with Crippen LogP contribution in [0.25, 0.3) is 10.2 Å². The van der Waals surface area contributed by atoms with Gasteiger partial charge in [-0.2, -0.15) is 0 Å². The summed E-state index contributed by atoms with van der Waals surface area (Å²) in [4.78, 5) is 28.8. The highest BCUT2D eigenvalue weighted by atomic mass is 35.5. The van der Waals surface area contributed by atoms with Crippen molar-refractivity contribution in [1.29, 1.82) is 0 Å². The number of aromatic nitrogens is 1. The van der Waals surface area contributed by atoms with Crippen LogP contribution in [0.5, 0.6) is 0 Å². The Morgan fingerprint density at radius 2 is 1.76 bits per heavy atom. The minimum Gasteiger partial charge on any atom is -0.465 e. The predicted octanol–water partition coefficient (Wildman–Crippen LogP) is 4.79. The Balaban J connectivity index is 1.52. The zero-order valence-corrected chi connectivity index (χ0v) is 19.4. The molecule has 8 nitrogen and oxygen atoms in total. The molecule has 0 unspecified atom stereocenters. The van der Waals surface area contributed by atoms with E-state index in [1.54, 1.807) is 30.3 Å². The summed E-state index contributed by atoms with van der Waals surface area (Å²) in [5.41, 5.74) is 1.46. The van der Waals surface area contributed by atoms with Crippen LogP contribution in [0.15, 0.2) is 71.6 Å². The van der Waals surface area contributed by atoms with E-state index in [1.807, 2.05) is 0 Å². The Bertz CT molecular complexity index is 1470. The van der Waals surface area contributed by atoms with E-state index in [1.165, 1.54) is 54.8 Å². The summed E-state index contributed by atoms with van der Waals surface area (Å²) in [6.45, 7) is 0. The molecule has 4 rings (SSSR count). The van der Waals surface area contributed by atoms with Crippen molar-refractivity contribution in [3.63, 3.8) is 0 Å². The smallest absolute Gasteiger partial charge is 0.337 e. The second-order valence-corrected chi connectivity index (χ2v) is 9.94. The topological polar surface area (TPSA) is 114 Å². The lowest BCUT2D eigenvalue weighted by Crippen LogP contribution is -2.15. The van der Waals surface area contributed by atoms with Crippen LogP contribution in [0.4, 0.5) is 10.8 Å². The number of rotatable bonds is 6. The first-order valence-electron chi connectivity index (χ1n) is 9.44. The third-order valence-electron chi connectivity index (χ3n) is 4.53. The number of nitrogens with one attached hydrogen (secondary N) is 2. The number of ether oxygens (including phenoxy) is 1. The third-order valence-corrected chi connectivity index (χ3v) is 7.11. The van der Waals surface area contributed by atoms with E-state index in [4.69, 9.17) is 16.3 Å². The number of methoxy groups -OCH3 is 1. The molecule has 0 aliphatic rings. The van der Waals surface area contributed by atoms with E-state index in [-0.39, 0.29) is 16.1 Å². The van der Waals surface area contributed by atoms with Crippen molar-refractivity contribution < 1.29 is 22.7 Å². The number of sulfonamides is 1.